The Morgan fingerprint density at radius 3 is 2.60 bits per heavy atom. The summed E-state index contributed by atoms with van der Waals surface area (Å²) in [5, 5.41) is 9.19. The van der Waals surface area contributed by atoms with Gasteiger partial charge in [0.05, 0.1) is 0 Å². The maximum Gasteiger partial charge on any atom is 0.0474 e. The summed E-state index contributed by atoms with van der Waals surface area (Å²) in [6.45, 7) is 5.71. The fourth-order valence-corrected chi connectivity index (χ4v) is 2.35. The average molecular weight is 205 g/mol. The number of aliphatic hydroxyl groups is 1. The van der Waals surface area contributed by atoms with Gasteiger partial charge in [0.1, 0.15) is 0 Å². The molecule has 1 saturated heterocycles. The molecule has 15 heavy (non-hydrogen) atoms. The van der Waals surface area contributed by atoms with Crippen molar-refractivity contribution in [3.05, 3.63) is 35.9 Å². The Labute approximate surface area is 91.5 Å². The van der Waals surface area contributed by atoms with Crippen molar-refractivity contribution < 1.29 is 5.11 Å². The van der Waals surface area contributed by atoms with E-state index in [1.54, 1.807) is 0 Å². The highest BCUT2D eigenvalue weighted by atomic mass is 16.3. The molecule has 0 saturated carbocycles. The largest absolute Gasteiger partial charge is 0.396 e. The van der Waals surface area contributed by atoms with Gasteiger partial charge >= 0.3 is 0 Å². The Kier molecular flexibility index (Phi) is 3.39. The molecule has 2 heteroatoms. The Bertz CT molecular complexity index is 299. The van der Waals surface area contributed by atoms with Crippen LogP contribution in [-0.2, 0) is 6.54 Å². The van der Waals surface area contributed by atoms with Crippen LogP contribution in [0.3, 0.4) is 0 Å². The van der Waals surface area contributed by atoms with E-state index in [2.05, 4.69) is 36.1 Å². The van der Waals surface area contributed by atoms with Crippen molar-refractivity contribution in [3.8, 4) is 0 Å². The van der Waals surface area contributed by atoms with Crippen molar-refractivity contribution >= 4 is 0 Å². The Morgan fingerprint density at radius 1 is 1.27 bits per heavy atom. The first-order valence-corrected chi connectivity index (χ1v) is 5.66. The van der Waals surface area contributed by atoms with Crippen LogP contribution in [0.2, 0.25) is 0 Å². The van der Waals surface area contributed by atoms with E-state index in [1.165, 1.54) is 5.56 Å². The quantitative estimate of drug-likeness (QED) is 0.812. The molecule has 2 unspecified atom stereocenters. The molecule has 1 aliphatic rings. The highest BCUT2D eigenvalue weighted by Gasteiger charge is 2.28. The molecule has 0 aromatic heterocycles. The lowest BCUT2D eigenvalue weighted by atomic mass is 10.00. The molecule has 1 aromatic rings. The standard InChI is InChI=1S/C13H19NO/c1-11-7-14(9-13(11)10-15)8-12-5-3-2-4-6-12/h2-6,11,13,15H,7-10H2,1H3. The van der Waals surface area contributed by atoms with E-state index in [1.807, 2.05) is 6.07 Å². The number of aliphatic hydroxyl groups excluding tert-OH is 1. The molecule has 0 bridgehead atoms. The number of benzene rings is 1. The highest BCUT2D eigenvalue weighted by molar-refractivity contribution is 5.14. The second-order valence-corrected chi connectivity index (χ2v) is 4.60. The zero-order valence-corrected chi connectivity index (χ0v) is 9.26. The third kappa shape index (κ3) is 2.58. The maximum absolute atomic E-state index is 9.19. The number of rotatable bonds is 3. The Balaban J connectivity index is 1.92. The van der Waals surface area contributed by atoms with Crippen LogP contribution in [-0.4, -0.2) is 29.7 Å². The van der Waals surface area contributed by atoms with E-state index in [0.717, 1.165) is 19.6 Å². The van der Waals surface area contributed by atoms with Gasteiger partial charge in [0, 0.05) is 26.2 Å². The summed E-state index contributed by atoms with van der Waals surface area (Å²) >= 11 is 0. The minimum Gasteiger partial charge on any atom is -0.396 e. The molecular formula is C13H19NO. The number of hydrogen-bond acceptors (Lipinski definition) is 2. The Morgan fingerprint density at radius 2 is 2.00 bits per heavy atom. The smallest absolute Gasteiger partial charge is 0.0474 e. The van der Waals surface area contributed by atoms with Crippen LogP contribution in [0.1, 0.15) is 12.5 Å². The summed E-state index contributed by atoms with van der Waals surface area (Å²) in [7, 11) is 0. The van der Waals surface area contributed by atoms with Crippen LogP contribution in [0.5, 0.6) is 0 Å². The number of likely N-dealkylation sites (tertiary alicyclic amines) is 1. The van der Waals surface area contributed by atoms with Gasteiger partial charge in [0.15, 0.2) is 0 Å². The molecule has 2 nitrogen and oxygen atoms in total. The molecule has 82 valence electrons. The van der Waals surface area contributed by atoms with Crippen molar-refractivity contribution in [2.24, 2.45) is 11.8 Å². The van der Waals surface area contributed by atoms with Crippen LogP contribution in [0.4, 0.5) is 0 Å². The summed E-state index contributed by atoms with van der Waals surface area (Å²) < 4.78 is 0. The molecule has 1 aromatic carbocycles. The first kappa shape index (κ1) is 10.7. The fraction of sp³-hybridized carbons (Fsp3) is 0.538. The van der Waals surface area contributed by atoms with Crippen molar-refractivity contribution in [3.63, 3.8) is 0 Å². The van der Waals surface area contributed by atoms with Gasteiger partial charge < -0.3 is 5.11 Å². The monoisotopic (exact) mass is 205 g/mol. The topological polar surface area (TPSA) is 23.5 Å². The zero-order valence-electron chi connectivity index (χ0n) is 9.26. The SMILES string of the molecule is CC1CN(Cc2ccccc2)CC1CO. The van der Waals surface area contributed by atoms with Crippen LogP contribution in [0.15, 0.2) is 30.3 Å². The second kappa shape index (κ2) is 4.77. The minimum absolute atomic E-state index is 0.326. The van der Waals surface area contributed by atoms with E-state index in [-0.39, 0.29) is 0 Å². The van der Waals surface area contributed by atoms with E-state index in [4.69, 9.17) is 0 Å². The van der Waals surface area contributed by atoms with Crippen LogP contribution >= 0.6 is 0 Å². The van der Waals surface area contributed by atoms with Crippen LogP contribution < -0.4 is 0 Å². The first-order chi connectivity index (χ1) is 7.29. The van der Waals surface area contributed by atoms with Crippen molar-refractivity contribution in [1.82, 2.24) is 4.90 Å². The Hall–Kier alpha value is -0.860. The van der Waals surface area contributed by atoms with Gasteiger partial charge in [-0.05, 0) is 17.4 Å². The van der Waals surface area contributed by atoms with Crippen molar-refractivity contribution in [2.75, 3.05) is 19.7 Å². The van der Waals surface area contributed by atoms with Gasteiger partial charge in [0.25, 0.3) is 0 Å². The summed E-state index contributed by atoms with van der Waals surface area (Å²) in [6, 6.07) is 10.5. The molecule has 1 N–H and O–H groups in total. The van der Waals surface area contributed by atoms with Gasteiger partial charge in [-0.15, -0.1) is 0 Å². The zero-order chi connectivity index (χ0) is 10.7. The van der Waals surface area contributed by atoms with Crippen LogP contribution in [0.25, 0.3) is 0 Å². The molecule has 0 amide bonds. The lowest BCUT2D eigenvalue weighted by Gasteiger charge is -2.15. The maximum atomic E-state index is 9.19. The molecule has 1 fully saturated rings. The molecule has 2 atom stereocenters. The van der Waals surface area contributed by atoms with Gasteiger partial charge in [-0.2, -0.15) is 0 Å². The van der Waals surface area contributed by atoms with E-state index < -0.39 is 0 Å². The normalized spacial score (nSPS) is 27.1. The van der Waals surface area contributed by atoms with Gasteiger partial charge in [-0.25, -0.2) is 0 Å². The molecule has 1 heterocycles. The minimum atomic E-state index is 0.326. The summed E-state index contributed by atoms with van der Waals surface area (Å²) in [5.41, 5.74) is 1.36. The molecular weight excluding hydrogens is 186 g/mol. The van der Waals surface area contributed by atoms with E-state index >= 15 is 0 Å². The molecule has 1 aliphatic heterocycles. The predicted molar refractivity (Wildman–Crippen MR) is 61.5 cm³/mol. The summed E-state index contributed by atoms with van der Waals surface area (Å²) in [6.07, 6.45) is 0. The van der Waals surface area contributed by atoms with E-state index in [0.29, 0.717) is 18.4 Å². The third-order valence-corrected chi connectivity index (χ3v) is 3.33. The average Bonchev–Trinajstić information content (AvgIpc) is 2.60. The van der Waals surface area contributed by atoms with Gasteiger partial charge in [-0.3, -0.25) is 4.90 Å². The summed E-state index contributed by atoms with van der Waals surface area (Å²) in [4.78, 5) is 2.43. The summed E-state index contributed by atoms with van der Waals surface area (Å²) in [5.74, 6) is 1.09. The van der Waals surface area contributed by atoms with Gasteiger partial charge in [-0.1, -0.05) is 37.3 Å². The van der Waals surface area contributed by atoms with Crippen molar-refractivity contribution in [2.45, 2.75) is 13.5 Å². The molecule has 0 spiro atoms. The molecule has 2 rings (SSSR count). The van der Waals surface area contributed by atoms with Crippen LogP contribution in [0, 0.1) is 11.8 Å². The van der Waals surface area contributed by atoms with Crippen molar-refractivity contribution in [1.29, 1.82) is 0 Å². The van der Waals surface area contributed by atoms with Gasteiger partial charge in [0.2, 0.25) is 0 Å². The number of hydrogen-bond donors (Lipinski definition) is 1. The lowest BCUT2D eigenvalue weighted by Crippen LogP contribution is -2.20. The predicted octanol–water partition coefficient (Wildman–Crippen LogP) is 1.75. The second-order valence-electron chi connectivity index (χ2n) is 4.60. The van der Waals surface area contributed by atoms with E-state index in [9.17, 15) is 5.11 Å². The molecule has 0 radical (unpaired) electrons. The first-order valence-electron chi connectivity index (χ1n) is 5.66. The lowest BCUT2D eigenvalue weighted by molar-refractivity contribution is 0.204. The third-order valence-electron chi connectivity index (χ3n) is 3.33. The fourth-order valence-electron chi connectivity index (χ4n) is 2.35. The molecule has 0 aliphatic carbocycles. The highest BCUT2D eigenvalue weighted by Crippen LogP contribution is 2.23. The number of nitrogens with zero attached hydrogens (tertiary/aromatic N) is 1.